The minimum absolute atomic E-state index is 0.0408. The molecular weight excluding hydrogens is 428 g/mol. The van der Waals surface area contributed by atoms with Gasteiger partial charge in [-0.25, -0.2) is 9.67 Å². The summed E-state index contributed by atoms with van der Waals surface area (Å²) in [6.07, 6.45) is 8.10. The number of nitrogens with zero attached hydrogens (tertiary/aromatic N) is 5. The van der Waals surface area contributed by atoms with Crippen molar-refractivity contribution in [3.05, 3.63) is 52.1 Å². The predicted molar refractivity (Wildman–Crippen MR) is 134 cm³/mol. The van der Waals surface area contributed by atoms with Gasteiger partial charge in [-0.1, -0.05) is 37.5 Å². The Morgan fingerprint density at radius 3 is 2.65 bits per heavy atom. The van der Waals surface area contributed by atoms with Crippen LogP contribution in [0.3, 0.4) is 0 Å². The normalized spacial score (nSPS) is 14.7. The van der Waals surface area contributed by atoms with Gasteiger partial charge < -0.3 is 10.2 Å². The molecule has 0 unspecified atom stereocenters. The number of benzene rings is 1. The Balaban J connectivity index is 1.34. The van der Waals surface area contributed by atoms with Crippen molar-refractivity contribution in [1.82, 2.24) is 29.5 Å². The summed E-state index contributed by atoms with van der Waals surface area (Å²) in [7, 11) is 3.93. The quantitative estimate of drug-likeness (QED) is 0.492. The van der Waals surface area contributed by atoms with E-state index >= 15 is 0 Å². The monoisotopic (exact) mass is 464 g/mol. The lowest BCUT2D eigenvalue weighted by Gasteiger charge is -2.31. The smallest absolute Gasteiger partial charge is 0.273 e. The molecule has 1 fully saturated rings. The van der Waals surface area contributed by atoms with E-state index in [1.54, 1.807) is 16.3 Å². The van der Waals surface area contributed by atoms with Gasteiger partial charge >= 0.3 is 0 Å². The molecule has 0 radical (unpaired) electrons. The Hall–Kier alpha value is -3.00. The van der Waals surface area contributed by atoms with Crippen LogP contribution in [0.15, 0.2) is 35.1 Å². The molecule has 8 heteroatoms. The lowest BCUT2D eigenvalue weighted by Crippen LogP contribution is -2.36. The summed E-state index contributed by atoms with van der Waals surface area (Å²) in [5.41, 5.74) is 3.18. The number of amides is 1. The zero-order chi connectivity index (χ0) is 24.1. The molecule has 0 saturated heterocycles. The summed E-state index contributed by atoms with van der Waals surface area (Å²) in [5.74, 6) is -0.0408. The van der Waals surface area contributed by atoms with E-state index in [0.29, 0.717) is 35.9 Å². The fraction of sp³-hybridized carbons (Fsp3) is 0.538. The van der Waals surface area contributed by atoms with Crippen LogP contribution in [-0.2, 0) is 18.3 Å². The van der Waals surface area contributed by atoms with Crippen molar-refractivity contribution < 1.29 is 4.79 Å². The van der Waals surface area contributed by atoms with Crippen LogP contribution in [0.25, 0.3) is 16.9 Å². The number of hydrogen-bond donors (Lipinski definition) is 1. The first kappa shape index (κ1) is 24.1. The molecule has 34 heavy (non-hydrogen) atoms. The van der Waals surface area contributed by atoms with Crippen molar-refractivity contribution in [2.75, 3.05) is 20.1 Å². The molecule has 2 heterocycles. The SMILES string of the molecule is Cc1nn(-c2ccccc2)c2c1nc(CCC(=O)NCCCN(C)C1CCCCC1)c(=O)n2C. The van der Waals surface area contributed by atoms with Gasteiger partial charge in [-0.3, -0.25) is 14.2 Å². The molecule has 0 spiro atoms. The average molecular weight is 465 g/mol. The lowest BCUT2D eigenvalue weighted by molar-refractivity contribution is -0.121. The number of aromatic nitrogens is 4. The van der Waals surface area contributed by atoms with E-state index in [2.05, 4.69) is 27.3 Å². The Morgan fingerprint density at radius 2 is 1.91 bits per heavy atom. The van der Waals surface area contributed by atoms with Gasteiger partial charge in [0, 0.05) is 32.5 Å². The molecule has 1 amide bonds. The molecule has 3 aromatic rings. The molecule has 1 aromatic carbocycles. The number of carbonyl (C=O) groups is 1. The van der Waals surface area contributed by atoms with Crippen molar-refractivity contribution in [1.29, 1.82) is 0 Å². The van der Waals surface area contributed by atoms with Crippen LogP contribution >= 0.6 is 0 Å². The minimum atomic E-state index is -0.188. The topological polar surface area (TPSA) is 85.1 Å². The number of para-hydroxylation sites is 1. The Kier molecular flexibility index (Phi) is 7.77. The maximum Gasteiger partial charge on any atom is 0.273 e. The summed E-state index contributed by atoms with van der Waals surface area (Å²) in [4.78, 5) is 32.5. The Bertz CT molecular complexity index is 1180. The second-order valence-corrected chi connectivity index (χ2v) is 9.40. The Labute approximate surface area is 201 Å². The van der Waals surface area contributed by atoms with Gasteiger partial charge in [0.2, 0.25) is 5.91 Å². The standard InChI is InChI=1S/C26H36N6O2/c1-19-24-25(32(29-19)21-13-8-5-9-14-21)31(3)26(34)22(28-24)15-16-23(33)27-17-10-18-30(2)20-11-6-4-7-12-20/h5,8-9,13-14,20H,4,6-7,10-12,15-18H2,1-3H3,(H,27,33). The van der Waals surface area contributed by atoms with Crippen molar-refractivity contribution in [3.8, 4) is 5.69 Å². The number of hydrogen-bond acceptors (Lipinski definition) is 5. The van der Waals surface area contributed by atoms with Crippen LogP contribution < -0.4 is 10.9 Å². The van der Waals surface area contributed by atoms with Gasteiger partial charge in [0.05, 0.1) is 11.4 Å². The molecule has 1 saturated carbocycles. The fourth-order valence-electron chi connectivity index (χ4n) is 4.90. The highest BCUT2D eigenvalue weighted by molar-refractivity contribution is 5.77. The van der Waals surface area contributed by atoms with E-state index in [-0.39, 0.29) is 17.9 Å². The van der Waals surface area contributed by atoms with Gasteiger partial charge in [-0.05, 0) is 51.9 Å². The lowest BCUT2D eigenvalue weighted by atomic mass is 9.94. The largest absolute Gasteiger partial charge is 0.356 e. The number of rotatable bonds is 9. The highest BCUT2D eigenvalue weighted by Gasteiger charge is 2.19. The molecular formula is C26H36N6O2. The molecule has 1 N–H and O–H groups in total. The van der Waals surface area contributed by atoms with Gasteiger partial charge in [-0.2, -0.15) is 5.10 Å². The molecule has 1 aliphatic carbocycles. The van der Waals surface area contributed by atoms with E-state index in [1.807, 2.05) is 37.3 Å². The van der Waals surface area contributed by atoms with Gasteiger partial charge in [-0.15, -0.1) is 0 Å². The number of nitrogens with one attached hydrogen (secondary N) is 1. The molecule has 182 valence electrons. The van der Waals surface area contributed by atoms with E-state index in [1.165, 1.54) is 32.1 Å². The van der Waals surface area contributed by atoms with E-state index in [4.69, 9.17) is 0 Å². The Morgan fingerprint density at radius 1 is 1.18 bits per heavy atom. The highest BCUT2D eigenvalue weighted by Crippen LogP contribution is 2.21. The number of carbonyl (C=O) groups excluding carboxylic acids is 1. The van der Waals surface area contributed by atoms with Gasteiger partial charge in [0.15, 0.2) is 5.65 Å². The third kappa shape index (κ3) is 5.38. The number of fused-ring (bicyclic) bond motifs is 1. The van der Waals surface area contributed by atoms with Gasteiger partial charge in [0.1, 0.15) is 11.2 Å². The molecule has 4 rings (SSSR count). The van der Waals surface area contributed by atoms with E-state index in [0.717, 1.165) is 24.3 Å². The van der Waals surface area contributed by atoms with Crippen molar-refractivity contribution in [2.45, 2.75) is 64.3 Å². The van der Waals surface area contributed by atoms with Crippen LogP contribution in [0.5, 0.6) is 0 Å². The summed E-state index contributed by atoms with van der Waals surface area (Å²) in [6, 6.07) is 10.4. The van der Waals surface area contributed by atoms with Gasteiger partial charge in [0.25, 0.3) is 5.56 Å². The van der Waals surface area contributed by atoms with Crippen LogP contribution in [0.2, 0.25) is 0 Å². The van der Waals surface area contributed by atoms with Crippen LogP contribution in [-0.4, -0.2) is 56.3 Å². The minimum Gasteiger partial charge on any atom is -0.356 e. The summed E-state index contributed by atoms with van der Waals surface area (Å²) in [6.45, 7) is 3.54. The first-order valence-electron chi connectivity index (χ1n) is 12.4. The fourth-order valence-corrected chi connectivity index (χ4v) is 4.90. The first-order chi connectivity index (χ1) is 16.5. The summed E-state index contributed by atoms with van der Waals surface area (Å²) in [5, 5.41) is 7.61. The summed E-state index contributed by atoms with van der Waals surface area (Å²) >= 11 is 0. The molecule has 0 bridgehead atoms. The van der Waals surface area contributed by atoms with E-state index in [9.17, 15) is 9.59 Å². The maximum absolute atomic E-state index is 13.0. The second kappa shape index (κ2) is 11.0. The first-order valence-corrected chi connectivity index (χ1v) is 12.4. The van der Waals surface area contributed by atoms with E-state index < -0.39 is 0 Å². The molecule has 2 aromatic heterocycles. The molecule has 0 aliphatic heterocycles. The van der Waals surface area contributed by atoms with Crippen LogP contribution in [0.1, 0.15) is 56.3 Å². The highest BCUT2D eigenvalue weighted by atomic mass is 16.1. The number of aryl methyl sites for hydroxylation is 3. The summed E-state index contributed by atoms with van der Waals surface area (Å²) < 4.78 is 3.34. The van der Waals surface area contributed by atoms with Crippen molar-refractivity contribution in [2.24, 2.45) is 7.05 Å². The van der Waals surface area contributed by atoms with Crippen LogP contribution in [0.4, 0.5) is 0 Å². The maximum atomic E-state index is 13.0. The second-order valence-electron chi connectivity index (χ2n) is 9.40. The van der Waals surface area contributed by atoms with Crippen LogP contribution in [0, 0.1) is 6.92 Å². The molecule has 1 aliphatic rings. The average Bonchev–Trinajstić information content (AvgIpc) is 3.20. The predicted octanol–water partition coefficient (Wildman–Crippen LogP) is 3.13. The zero-order valence-electron chi connectivity index (χ0n) is 20.6. The third-order valence-electron chi connectivity index (χ3n) is 6.92. The van der Waals surface area contributed by atoms with Crippen molar-refractivity contribution in [3.63, 3.8) is 0 Å². The molecule has 8 nitrogen and oxygen atoms in total. The molecule has 0 atom stereocenters. The zero-order valence-corrected chi connectivity index (χ0v) is 20.6. The van der Waals surface area contributed by atoms with Crippen molar-refractivity contribution >= 4 is 17.1 Å². The third-order valence-corrected chi connectivity index (χ3v) is 6.92.